The number of hydrogen-bond donors (Lipinski definition) is 4. The Morgan fingerprint density at radius 1 is 1.21 bits per heavy atom. The van der Waals surface area contributed by atoms with Gasteiger partial charge < -0.3 is 22.3 Å². The lowest BCUT2D eigenvalue weighted by molar-refractivity contribution is 0.0998. The first kappa shape index (κ1) is 14.9. The van der Waals surface area contributed by atoms with Crippen LogP contribution >= 0.6 is 0 Å². The molecule has 0 radical (unpaired) electrons. The third kappa shape index (κ3) is 2.81. The summed E-state index contributed by atoms with van der Waals surface area (Å²) in [5.41, 5.74) is 16.9. The van der Waals surface area contributed by atoms with Crippen LogP contribution in [0.5, 0.6) is 5.75 Å². The number of rotatable bonds is 6. The molecule has 0 fully saturated rings. The predicted molar refractivity (Wildman–Crippen MR) is 73.2 cm³/mol. The Hall–Kier alpha value is -2.18. The smallest absolute Gasteiger partial charge is 0.180 e. The van der Waals surface area contributed by atoms with Crippen LogP contribution in [0.15, 0.2) is 18.7 Å². The highest BCUT2D eigenvalue weighted by atomic mass is 16.3. The number of benzene rings is 1. The molecule has 7 N–H and O–H groups in total. The molecule has 0 aromatic heterocycles. The number of aromatic hydroxyl groups is 1. The summed E-state index contributed by atoms with van der Waals surface area (Å²) in [6.45, 7) is 3.03. The Morgan fingerprint density at radius 2 is 1.74 bits per heavy atom. The Kier molecular flexibility index (Phi) is 4.80. The molecule has 1 rings (SSSR count). The number of nitrogens with two attached hydrogens (primary N) is 3. The molecule has 0 aliphatic carbocycles. The first-order valence-corrected chi connectivity index (χ1v) is 5.69. The van der Waals surface area contributed by atoms with E-state index in [1.165, 1.54) is 12.1 Å². The number of phenols is 1. The highest BCUT2D eigenvalue weighted by Crippen LogP contribution is 2.32. The van der Waals surface area contributed by atoms with Crippen LogP contribution in [0.4, 0.5) is 5.69 Å². The van der Waals surface area contributed by atoms with Crippen LogP contribution < -0.4 is 17.2 Å². The predicted octanol–water partition coefficient (Wildman–Crippen LogP) is -0.0143. The summed E-state index contributed by atoms with van der Waals surface area (Å²) in [6.07, 6.45) is 1.74. The quantitative estimate of drug-likeness (QED) is 0.324. The molecule has 1 aromatic rings. The normalized spacial score (nSPS) is 10.2. The number of nitrogen functional groups attached to an aromatic ring is 1. The van der Waals surface area contributed by atoms with E-state index >= 15 is 0 Å². The zero-order chi connectivity index (χ0) is 14.6. The van der Waals surface area contributed by atoms with Crippen LogP contribution in [0.2, 0.25) is 0 Å². The van der Waals surface area contributed by atoms with Crippen molar-refractivity contribution in [2.24, 2.45) is 11.5 Å². The SMILES string of the molecule is C=CCc1c(N)c(C(=O)CN)cc(C(=O)CN)c1O. The first-order valence-electron chi connectivity index (χ1n) is 5.69. The third-order valence-electron chi connectivity index (χ3n) is 2.76. The van der Waals surface area contributed by atoms with Gasteiger partial charge in [0.15, 0.2) is 11.6 Å². The molecule has 1 aromatic carbocycles. The molecule has 0 bridgehead atoms. The molecule has 0 aliphatic heterocycles. The van der Waals surface area contributed by atoms with Crippen LogP contribution in [0.25, 0.3) is 0 Å². The van der Waals surface area contributed by atoms with Crippen molar-refractivity contribution in [1.29, 1.82) is 0 Å². The maximum Gasteiger partial charge on any atom is 0.180 e. The van der Waals surface area contributed by atoms with Gasteiger partial charge in [-0.1, -0.05) is 6.08 Å². The summed E-state index contributed by atoms with van der Waals surface area (Å²) in [5.74, 6) is -1.15. The number of anilines is 1. The van der Waals surface area contributed by atoms with Crippen molar-refractivity contribution in [3.05, 3.63) is 35.4 Å². The zero-order valence-electron chi connectivity index (χ0n) is 10.5. The number of hydrogen-bond acceptors (Lipinski definition) is 6. The van der Waals surface area contributed by atoms with E-state index in [0.29, 0.717) is 0 Å². The number of carbonyl (C=O) groups excluding carboxylic acids is 2. The van der Waals surface area contributed by atoms with E-state index in [4.69, 9.17) is 17.2 Å². The molecule has 0 saturated carbocycles. The standard InChI is InChI=1S/C13H17N3O3/c1-2-3-7-12(16)8(10(17)5-14)4-9(13(7)19)11(18)6-15/h2,4,19H,1,3,5-6,14-16H2. The van der Waals surface area contributed by atoms with Crippen molar-refractivity contribution < 1.29 is 14.7 Å². The minimum absolute atomic E-state index is 0.0228. The summed E-state index contributed by atoms with van der Waals surface area (Å²) in [4.78, 5) is 23.4. The zero-order valence-corrected chi connectivity index (χ0v) is 10.5. The Morgan fingerprint density at radius 3 is 2.21 bits per heavy atom. The van der Waals surface area contributed by atoms with E-state index in [9.17, 15) is 14.7 Å². The van der Waals surface area contributed by atoms with Gasteiger partial charge in [-0.2, -0.15) is 0 Å². The van der Waals surface area contributed by atoms with E-state index in [1.54, 1.807) is 0 Å². The van der Waals surface area contributed by atoms with Gasteiger partial charge in [0.05, 0.1) is 18.7 Å². The molecule has 0 aliphatic rings. The number of phenolic OH excluding ortho intramolecular Hbond substituents is 1. The topological polar surface area (TPSA) is 132 Å². The van der Waals surface area contributed by atoms with Gasteiger partial charge in [-0.3, -0.25) is 9.59 Å². The summed E-state index contributed by atoms with van der Waals surface area (Å²) < 4.78 is 0. The number of Topliss-reactive ketones (excluding diaryl/α,β-unsaturated/α-hetero) is 2. The maximum absolute atomic E-state index is 11.7. The molecule has 0 atom stereocenters. The van der Waals surface area contributed by atoms with Crippen molar-refractivity contribution >= 4 is 17.3 Å². The van der Waals surface area contributed by atoms with Gasteiger partial charge in [0, 0.05) is 16.8 Å². The lowest BCUT2D eigenvalue weighted by atomic mass is 9.94. The fourth-order valence-corrected chi connectivity index (χ4v) is 1.76. The molecule has 6 nitrogen and oxygen atoms in total. The third-order valence-corrected chi connectivity index (χ3v) is 2.76. The van der Waals surface area contributed by atoms with Crippen LogP contribution in [0.3, 0.4) is 0 Å². The van der Waals surface area contributed by atoms with Gasteiger partial charge in [0.2, 0.25) is 0 Å². The average molecular weight is 263 g/mol. The van der Waals surface area contributed by atoms with Crippen molar-refractivity contribution in [2.45, 2.75) is 6.42 Å². The summed E-state index contributed by atoms with van der Waals surface area (Å²) >= 11 is 0. The van der Waals surface area contributed by atoms with Gasteiger partial charge in [0.1, 0.15) is 5.75 Å². The molecular weight excluding hydrogens is 246 g/mol. The largest absolute Gasteiger partial charge is 0.507 e. The van der Waals surface area contributed by atoms with Gasteiger partial charge in [0.25, 0.3) is 0 Å². The Balaban J connectivity index is 3.58. The highest BCUT2D eigenvalue weighted by Gasteiger charge is 2.21. The van der Waals surface area contributed by atoms with Gasteiger partial charge in [-0.15, -0.1) is 6.58 Å². The number of allylic oxidation sites excluding steroid dienone is 1. The van der Waals surface area contributed by atoms with E-state index in [0.717, 1.165) is 0 Å². The van der Waals surface area contributed by atoms with Crippen LogP contribution in [0.1, 0.15) is 26.3 Å². The number of carbonyl (C=O) groups is 2. The molecule has 19 heavy (non-hydrogen) atoms. The summed E-state index contributed by atoms with van der Waals surface area (Å²) in [6, 6.07) is 1.24. The lowest BCUT2D eigenvalue weighted by Gasteiger charge is -2.14. The minimum atomic E-state index is -0.478. The van der Waals surface area contributed by atoms with E-state index in [-0.39, 0.29) is 47.6 Å². The van der Waals surface area contributed by atoms with Crippen molar-refractivity contribution in [3.63, 3.8) is 0 Å². The van der Waals surface area contributed by atoms with Crippen LogP contribution in [-0.2, 0) is 6.42 Å². The Bertz CT molecular complexity index is 498. The molecule has 0 unspecified atom stereocenters. The molecule has 0 amide bonds. The first-order chi connectivity index (χ1) is 8.97. The molecule has 0 spiro atoms. The lowest BCUT2D eigenvalue weighted by Crippen LogP contribution is -2.19. The van der Waals surface area contributed by atoms with E-state index in [1.807, 2.05) is 0 Å². The average Bonchev–Trinajstić information content (AvgIpc) is 2.42. The minimum Gasteiger partial charge on any atom is -0.507 e. The Labute approximate surface area is 110 Å². The summed E-state index contributed by atoms with van der Waals surface area (Å²) in [7, 11) is 0. The van der Waals surface area contributed by atoms with Gasteiger partial charge in [-0.05, 0) is 12.5 Å². The van der Waals surface area contributed by atoms with Crippen LogP contribution in [-0.4, -0.2) is 29.8 Å². The van der Waals surface area contributed by atoms with E-state index < -0.39 is 11.6 Å². The fraction of sp³-hybridized carbons (Fsp3) is 0.231. The van der Waals surface area contributed by atoms with Gasteiger partial charge >= 0.3 is 0 Å². The van der Waals surface area contributed by atoms with Crippen molar-refractivity contribution in [1.82, 2.24) is 0 Å². The second-order valence-electron chi connectivity index (χ2n) is 3.96. The fourth-order valence-electron chi connectivity index (χ4n) is 1.76. The highest BCUT2D eigenvalue weighted by molar-refractivity contribution is 6.08. The van der Waals surface area contributed by atoms with Gasteiger partial charge in [-0.25, -0.2) is 0 Å². The maximum atomic E-state index is 11.7. The second-order valence-corrected chi connectivity index (χ2v) is 3.96. The second kappa shape index (κ2) is 6.12. The van der Waals surface area contributed by atoms with Crippen molar-refractivity contribution in [3.8, 4) is 5.75 Å². The van der Waals surface area contributed by atoms with E-state index in [2.05, 4.69) is 6.58 Å². The van der Waals surface area contributed by atoms with Crippen LogP contribution in [0, 0.1) is 0 Å². The molecular formula is C13H17N3O3. The molecule has 102 valence electrons. The molecule has 0 saturated heterocycles. The number of ketones is 2. The molecule has 0 heterocycles. The summed E-state index contributed by atoms with van der Waals surface area (Å²) in [5, 5.41) is 10.0. The van der Waals surface area contributed by atoms with Crippen molar-refractivity contribution in [2.75, 3.05) is 18.8 Å². The monoisotopic (exact) mass is 263 g/mol. The molecule has 6 heteroatoms.